The SMILES string of the molecule is CC1=C[C@@H](CNC(=O)NCCO)[C@H](C(C)C)C[C@H]1CC(=O)N(C)Cc1ccccc1. The highest BCUT2D eigenvalue weighted by Gasteiger charge is 2.33. The van der Waals surface area contributed by atoms with Gasteiger partial charge in [0.05, 0.1) is 6.61 Å². The van der Waals surface area contributed by atoms with E-state index in [-0.39, 0.29) is 36.9 Å². The Bertz CT molecular complexity index is 718. The smallest absolute Gasteiger partial charge is 0.314 e. The van der Waals surface area contributed by atoms with Gasteiger partial charge in [-0.15, -0.1) is 0 Å². The minimum Gasteiger partial charge on any atom is -0.395 e. The van der Waals surface area contributed by atoms with E-state index in [1.54, 1.807) is 0 Å². The van der Waals surface area contributed by atoms with Crippen molar-refractivity contribution in [3.8, 4) is 0 Å². The fraction of sp³-hybridized carbons (Fsp3) is 0.583. The van der Waals surface area contributed by atoms with E-state index in [1.165, 1.54) is 5.57 Å². The quantitative estimate of drug-likeness (QED) is 0.542. The maximum Gasteiger partial charge on any atom is 0.314 e. The average molecular weight is 416 g/mol. The predicted molar refractivity (Wildman–Crippen MR) is 120 cm³/mol. The van der Waals surface area contributed by atoms with Crippen molar-refractivity contribution in [3.63, 3.8) is 0 Å². The minimum atomic E-state index is -0.252. The summed E-state index contributed by atoms with van der Waals surface area (Å²) in [6.07, 6.45) is 3.72. The molecule has 3 atom stereocenters. The van der Waals surface area contributed by atoms with Gasteiger partial charge in [0, 0.05) is 33.1 Å². The topological polar surface area (TPSA) is 81.7 Å². The Morgan fingerprint density at radius 3 is 2.53 bits per heavy atom. The number of urea groups is 1. The molecule has 0 radical (unpaired) electrons. The van der Waals surface area contributed by atoms with Crippen LogP contribution in [0.1, 0.15) is 39.2 Å². The van der Waals surface area contributed by atoms with Crippen molar-refractivity contribution < 1.29 is 14.7 Å². The number of nitrogens with one attached hydrogen (secondary N) is 2. The first-order chi connectivity index (χ1) is 14.3. The Morgan fingerprint density at radius 2 is 1.90 bits per heavy atom. The van der Waals surface area contributed by atoms with Crippen molar-refractivity contribution in [2.75, 3.05) is 26.7 Å². The van der Waals surface area contributed by atoms with Gasteiger partial charge in [0.1, 0.15) is 0 Å². The van der Waals surface area contributed by atoms with Gasteiger partial charge in [0.25, 0.3) is 0 Å². The molecular formula is C24H37N3O3. The van der Waals surface area contributed by atoms with Crippen LogP contribution in [0.15, 0.2) is 42.0 Å². The van der Waals surface area contributed by atoms with Crippen molar-refractivity contribution in [3.05, 3.63) is 47.5 Å². The molecule has 0 saturated carbocycles. The largest absolute Gasteiger partial charge is 0.395 e. The van der Waals surface area contributed by atoms with Gasteiger partial charge in [-0.25, -0.2) is 4.79 Å². The van der Waals surface area contributed by atoms with E-state index < -0.39 is 0 Å². The first-order valence-electron chi connectivity index (χ1n) is 10.9. The number of hydrogen-bond acceptors (Lipinski definition) is 3. The predicted octanol–water partition coefficient (Wildman–Crippen LogP) is 3.18. The Balaban J connectivity index is 1.97. The lowest BCUT2D eigenvalue weighted by molar-refractivity contribution is -0.131. The number of allylic oxidation sites excluding steroid dienone is 1. The van der Waals surface area contributed by atoms with E-state index in [0.29, 0.717) is 31.3 Å². The summed E-state index contributed by atoms with van der Waals surface area (Å²) in [5.41, 5.74) is 2.37. The van der Waals surface area contributed by atoms with E-state index in [2.05, 4.69) is 37.5 Å². The van der Waals surface area contributed by atoms with E-state index in [0.717, 1.165) is 12.0 Å². The zero-order valence-corrected chi connectivity index (χ0v) is 18.7. The fourth-order valence-electron chi connectivity index (χ4n) is 4.26. The average Bonchev–Trinajstić information content (AvgIpc) is 2.72. The number of rotatable bonds is 9. The van der Waals surface area contributed by atoms with Crippen molar-refractivity contribution in [1.82, 2.24) is 15.5 Å². The third-order valence-corrected chi connectivity index (χ3v) is 6.09. The zero-order chi connectivity index (χ0) is 22.1. The molecule has 0 spiro atoms. The molecule has 1 aromatic rings. The molecule has 6 nitrogen and oxygen atoms in total. The summed E-state index contributed by atoms with van der Waals surface area (Å²) < 4.78 is 0. The van der Waals surface area contributed by atoms with Crippen LogP contribution in [0.3, 0.4) is 0 Å². The fourth-order valence-corrected chi connectivity index (χ4v) is 4.26. The minimum absolute atomic E-state index is 0.0705. The lowest BCUT2D eigenvalue weighted by atomic mass is 9.69. The standard InChI is InChI=1S/C24H37N3O3/c1-17(2)22-13-20(14-23(29)27(4)16-19-8-6-5-7-9-19)18(3)12-21(22)15-26-24(30)25-10-11-28/h5-9,12,17,20-22,28H,10-11,13-16H2,1-4H3,(H2,25,26,30)/t20-,21-,22-/m0/s1. The molecular weight excluding hydrogens is 378 g/mol. The lowest BCUT2D eigenvalue weighted by Crippen LogP contribution is -2.42. The number of amides is 3. The third-order valence-electron chi connectivity index (χ3n) is 6.09. The molecule has 0 saturated heterocycles. The summed E-state index contributed by atoms with van der Waals surface area (Å²) >= 11 is 0. The number of carbonyl (C=O) groups excluding carboxylic acids is 2. The second-order valence-electron chi connectivity index (χ2n) is 8.71. The van der Waals surface area contributed by atoms with E-state index in [4.69, 9.17) is 5.11 Å². The molecule has 0 unspecified atom stereocenters. The van der Waals surface area contributed by atoms with E-state index >= 15 is 0 Å². The van der Waals surface area contributed by atoms with Gasteiger partial charge >= 0.3 is 6.03 Å². The van der Waals surface area contributed by atoms with Crippen LogP contribution in [-0.2, 0) is 11.3 Å². The molecule has 0 aliphatic heterocycles. The van der Waals surface area contributed by atoms with Gasteiger partial charge in [0.15, 0.2) is 0 Å². The number of hydrogen-bond donors (Lipinski definition) is 3. The Hall–Kier alpha value is -2.34. The molecule has 2 rings (SSSR count). The molecule has 0 fully saturated rings. The first kappa shape index (κ1) is 23.9. The van der Waals surface area contributed by atoms with Crippen LogP contribution >= 0.6 is 0 Å². The Kier molecular flexibility index (Phi) is 9.37. The first-order valence-corrected chi connectivity index (χ1v) is 10.9. The van der Waals surface area contributed by atoms with E-state index in [9.17, 15) is 9.59 Å². The maximum atomic E-state index is 12.8. The van der Waals surface area contributed by atoms with Gasteiger partial charge in [0.2, 0.25) is 5.91 Å². The molecule has 166 valence electrons. The Labute approximate surface area is 180 Å². The van der Waals surface area contributed by atoms with Gasteiger partial charge in [-0.1, -0.05) is 55.8 Å². The highest BCUT2D eigenvalue weighted by Crippen LogP contribution is 2.39. The monoisotopic (exact) mass is 415 g/mol. The molecule has 3 N–H and O–H groups in total. The highest BCUT2D eigenvalue weighted by molar-refractivity contribution is 5.76. The number of aliphatic hydroxyl groups is 1. The van der Waals surface area contributed by atoms with Gasteiger partial charge in [-0.05, 0) is 42.6 Å². The van der Waals surface area contributed by atoms with Crippen molar-refractivity contribution >= 4 is 11.9 Å². The maximum absolute atomic E-state index is 12.8. The summed E-state index contributed by atoms with van der Waals surface area (Å²) in [5.74, 6) is 1.52. The summed E-state index contributed by atoms with van der Waals surface area (Å²) in [5, 5.41) is 14.4. The number of benzene rings is 1. The molecule has 1 aromatic carbocycles. The lowest BCUT2D eigenvalue weighted by Gasteiger charge is -2.37. The van der Waals surface area contributed by atoms with Crippen LogP contribution in [-0.4, -0.2) is 48.7 Å². The second-order valence-corrected chi connectivity index (χ2v) is 8.71. The van der Waals surface area contributed by atoms with Crippen LogP contribution < -0.4 is 10.6 Å². The van der Waals surface area contributed by atoms with Gasteiger partial charge in [-0.3, -0.25) is 4.79 Å². The number of aliphatic hydroxyl groups excluding tert-OH is 1. The molecule has 30 heavy (non-hydrogen) atoms. The molecule has 3 amide bonds. The molecule has 0 bridgehead atoms. The molecule has 6 heteroatoms. The van der Waals surface area contributed by atoms with Crippen LogP contribution in [0.2, 0.25) is 0 Å². The summed E-state index contributed by atoms with van der Waals surface area (Å²) in [6.45, 7) is 7.88. The van der Waals surface area contributed by atoms with Crippen molar-refractivity contribution in [2.45, 2.75) is 40.2 Å². The zero-order valence-electron chi connectivity index (χ0n) is 18.7. The molecule has 0 aromatic heterocycles. The van der Waals surface area contributed by atoms with Crippen molar-refractivity contribution in [2.24, 2.45) is 23.7 Å². The van der Waals surface area contributed by atoms with Crippen LogP contribution in [0.5, 0.6) is 0 Å². The third kappa shape index (κ3) is 7.17. The summed E-state index contributed by atoms with van der Waals surface area (Å²) in [4.78, 5) is 26.5. The van der Waals surface area contributed by atoms with Gasteiger partial charge < -0.3 is 20.6 Å². The second kappa shape index (κ2) is 11.7. The van der Waals surface area contributed by atoms with Crippen LogP contribution in [0.4, 0.5) is 4.79 Å². The molecule has 0 heterocycles. The normalized spacial score (nSPS) is 21.1. The summed E-state index contributed by atoms with van der Waals surface area (Å²) in [7, 11) is 1.87. The van der Waals surface area contributed by atoms with Crippen molar-refractivity contribution in [1.29, 1.82) is 0 Å². The van der Waals surface area contributed by atoms with Crippen LogP contribution in [0.25, 0.3) is 0 Å². The highest BCUT2D eigenvalue weighted by atomic mass is 16.3. The number of nitrogens with zero attached hydrogens (tertiary/aromatic N) is 1. The molecule has 1 aliphatic rings. The molecule has 1 aliphatic carbocycles. The number of carbonyl (C=O) groups is 2. The summed E-state index contributed by atoms with van der Waals surface area (Å²) in [6, 6.07) is 9.80. The van der Waals surface area contributed by atoms with Gasteiger partial charge in [-0.2, -0.15) is 0 Å². The van der Waals surface area contributed by atoms with Crippen LogP contribution in [0, 0.1) is 23.7 Å². The van der Waals surface area contributed by atoms with E-state index in [1.807, 2.05) is 42.3 Å². The Morgan fingerprint density at radius 1 is 1.20 bits per heavy atom.